The van der Waals surface area contributed by atoms with Gasteiger partial charge in [0, 0.05) is 24.0 Å². The fourth-order valence-corrected chi connectivity index (χ4v) is 3.90. The van der Waals surface area contributed by atoms with Gasteiger partial charge in [-0.15, -0.1) is 6.58 Å². The second-order valence-electron chi connectivity index (χ2n) is 8.38. The molecular weight excluding hydrogens is 300 g/mol. The third-order valence-electron chi connectivity index (χ3n) is 4.66. The fraction of sp³-hybridized carbons (Fsp3) is 0.750. The normalized spacial score (nSPS) is 21.9. The van der Waals surface area contributed by atoms with Gasteiger partial charge < -0.3 is 5.32 Å². The molecule has 0 aromatic rings. The summed E-state index contributed by atoms with van der Waals surface area (Å²) in [5.74, 6) is 0.0326. The Kier molecular flexibility index (Phi) is 7.24. The van der Waals surface area contributed by atoms with Crippen molar-refractivity contribution in [3.8, 4) is 0 Å². The Morgan fingerprint density at radius 2 is 1.83 bits per heavy atom. The number of allylic oxidation sites excluding steroid dienone is 1. The minimum Gasteiger partial charge on any atom is -0.353 e. The maximum atomic E-state index is 11.5. The van der Waals surface area contributed by atoms with Gasteiger partial charge in [0.2, 0.25) is 5.91 Å². The summed E-state index contributed by atoms with van der Waals surface area (Å²) in [6.45, 7) is 20.2. The van der Waals surface area contributed by atoms with Gasteiger partial charge in [-0.25, -0.2) is 0 Å². The molecule has 0 bridgehead atoms. The second kappa shape index (κ2) is 8.30. The van der Waals surface area contributed by atoms with Crippen LogP contribution >= 0.6 is 0 Å². The number of amides is 1. The molecule has 1 unspecified atom stereocenters. The number of nitrogens with one attached hydrogen (secondary N) is 1. The summed E-state index contributed by atoms with van der Waals surface area (Å²) in [7, 11) is 0. The highest BCUT2D eigenvalue weighted by Gasteiger charge is 2.47. The number of nitrogens with zero attached hydrogens (tertiary/aromatic N) is 1. The van der Waals surface area contributed by atoms with Gasteiger partial charge in [-0.1, -0.05) is 12.7 Å². The summed E-state index contributed by atoms with van der Waals surface area (Å²) in [5, 5.41) is 5.23. The minimum atomic E-state index is -0.166. The molecule has 1 heterocycles. The molecule has 0 aromatic heterocycles. The zero-order chi connectivity index (χ0) is 18.5. The molecule has 1 aliphatic rings. The Morgan fingerprint density at radius 1 is 1.29 bits per heavy atom. The highest BCUT2D eigenvalue weighted by molar-refractivity contribution is 5.73. The van der Waals surface area contributed by atoms with Crippen LogP contribution in [0.1, 0.15) is 73.6 Å². The molecule has 1 aliphatic heterocycles. The van der Waals surface area contributed by atoms with Crippen LogP contribution in [-0.4, -0.2) is 34.2 Å². The quantitative estimate of drug-likeness (QED) is 0.528. The van der Waals surface area contributed by atoms with E-state index >= 15 is 0 Å². The lowest BCUT2D eigenvalue weighted by molar-refractivity contribution is -0.301. The fourth-order valence-electron chi connectivity index (χ4n) is 3.90. The summed E-state index contributed by atoms with van der Waals surface area (Å²) < 4.78 is 0. The summed E-state index contributed by atoms with van der Waals surface area (Å²) >= 11 is 0. The van der Waals surface area contributed by atoms with Crippen LogP contribution in [-0.2, 0) is 9.63 Å². The number of piperidine rings is 1. The van der Waals surface area contributed by atoms with Crippen molar-refractivity contribution in [2.45, 2.75) is 96.9 Å². The number of hydrogen-bond acceptors (Lipinski definition) is 3. The van der Waals surface area contributed by atoms with Crippen LogP contribution in [0.2, 0.25) is 0 Å². The lowest BCUT2D eigenvalue weighted by atomic mass is 9.79. The molecule has 0 radical (unpaired) electrons. The van der Waals surface area contributed by atoms with Gasteiger partial charge in [-0.3, -0.25) is 9.63 Å². The first-order valence-electron chi connectivity index (χ1n) is 9.00. The average Bonchev–Trinajstić information content (AvgIpc) is 2.38. The summed E-state index contributed by atoms with van der Waals surface area (Å²) in [5.41, 5.74) is 0.719. The molecule has 24 heavy (non-hydrogen) atoms. The smallest absolute Gasteiger partial charge is 0.217 e. The number of hydrogen-bond donors (Lipinski definition) is 1. The topological polar surface area (TPSA) is 41.6 Å². The Balaban J connectivity index is 2.89. The molecule has 0 saturated carbocycles. The monoisotopic (exact) mass is 336 g/mol. The highest BCUT2D eigenvalue weighted by atomic mass is 16.7. The summed E-state index contributed by atoms with van der Waals surface area (Å²) in [6.07, 6.45) is 6.67. The zero-order valence-corrected chi connectivity index (χ0v) is 16.4. The van der Waals surface area contributed by atoms with E-state index in [1.54, 1.807) is 6.92 Å². The van der Waals surface area contributed by atoms with Crippen molar-refractivity contribution in [1.29, 1.82) is 0 Å². The lowest BCUT2D eigenvalue weighted by Crippen LogP contribution is -2.64. The molecule has 1 fully saturated rings. The van der Waals surface area contributed by atoms with Crippen LogP contribution in [0, 0.1) is 0 Å². The number of unbranched alkanes of at least 4 members (excludes halogenated alkanes) is 1. The largest absolute Gasteiger partial charge is 0.353 e. The molecule has 1 atom stereocenters. The van der Waals surface area contributed by atoms with Crippen LogP contribution in [0.5, 0.6) is 0 Å². The molecule has 1 amide bonds. The van der Waals surface area contributed by atoms with Crippen molar-refractivity contribution in [2.75, 3.05) is 0 Å². The lowest BCUT2D eigenvalue weighted by Gasteiger charge is -2.54. The van der Waals surface area contributed by atoms with E-state index in [0.29, 0.717) is 0 Å². The van der Waals surface area contributed by atoms with E-state index in [9.17, 15) is 4.79 Å². The van der Waals surface area contributed by atoms with Crippen molar-refractivity contribution in [3.05, 3.63) is 24.8 Å². The van der Waals surface area contributed by atoms with Crippen LogP contribution in [0.4, 0.5) is 0 Å². The van der Waals surface area contributed by atoms with Gasteiger partial charge in [0.15, 0.2) is 0 Å². The molecule has 1 rings (SSSR count). The average molecular weight is 337 g/mol. The Hall–Kier alpha value is -1.13. The summed E-state index contributed by atoms with van der Waals surface area (Å²) in [6, 6.07) is 0.177. The number of carbonyl (C=O) groups excluding carboxylic acids is 1. The van der Waals surface area contributed by atoms with E-state index in [-0.39, 0.29) is 29.1 Å². The van der Waals surface area contributed by atoms with Gasteiger partial charge in [0.05, 0.1) is 6.10 Å². The van der Waals surface area contributed by atoms with E-state index < -0.39 is 0 Å². The van der Waals surface area contributed by atoms with E-state index in [4.69, 9.17) is 4.84 Å². The molecule has 0 aromatic carbocycles. The van der Waals surface area contributed by atoms with Gasteiger partial charge in [-0.05, 0) is 72.3 Å². The first-order valence-corrected chi connectivity index (χ1v) is 9.00. The van der Waals surface area contributed by atoms with Crippen molar-refractivity contribution < 1.29 is 9.63 Å². The van der Waals surface area contributed by atoms with Crippen LogP contribution in [0.15, 0.2) is 24.8 Å². The van der Waals surface area contributed by atoms with E-state index in [2.05, 4.69) is 51.2 Å². The molecule has 138 valence electrons. The van der Waals surface area contributed by atoms with Gasteiger partial charge in [0.1, 0.15) is 0 Å². The highest BCUT2D eigenvalue weighted by Crippen LogP contribution is 2.40. The van der Waals surface area contributed by atoms with E-state index in [1.165, 1.54) is 0 Å². The zero-order valence-electron chi connectivity index (χ0n) is 16.4. The number of rotatable bonds is 8. The molecule has 4 nitrogen and oxygen atoms in total. The molecule has 1 saturated heterocycles. The first-order chi connectivity index (χ1) is 11.0. The van der Waals surface area contributed by atoms with Gasteiger partial charge in [0.25, 0.3) is 0 Å². The van der Waals surface area contributed by atoms with Crippen LogP contribution in [0.25, 0.3) is 0 Å². The Bertz CT molecular complexity index is 450. The van der Waals surface area contributed by atoms with E-state index in [0.717, 1.165) is 37.7 Å². The maximum Gasteiger partial charge on any atom is 0.217 e. The third-order valence-corrected chi connectivity index (χ3v) is 4.66. The second-order valence-corrected chi connectivity index (χ2v) is 8.38. The number of hydroxylamine groups is 2. The number of carbonyl (C=O) groups is 1. The first kappa shape index (κ1) is 20.9. The molecular formula is C20H36N2O2. The molecule has 1 N–H and O–H groups in total. The van der Waals surface area contributed by atoms with Crippen molar-refractivity contribution in [2.24, 2.45) is 0 Å². The molecule has 0 aliphatic carbocycles. The predicted octanol–water partition coefficient (Wildman–Crippen LogP) is 4.38. The third kappa shape index (κ3) is 5.75. The molecule has 4 heteroatoms. The Labute approximate surface area is 148 Å². The van der Waals surface area contributed by atoms with Crippen LogP contribution in [0.3, 0.4) is 0 Å². The SMILES string of the molecule is C=CCCCC(ON1C(C)(C)CC(NC(C)=O)CC1(C)C)C(=C)C. The minimum absolute atomic E-state index is 0.0146. The Morgan fingerprint density at radius 3 is 2.25 bits per heavy atom. The standard InChI is InChI=1S/C20H36N2O2/c1-9-10-11-12-18(15(2)3)24-22-19(5,6)13-17(21-16(4)23)14-20(22,7)8/h9,17-18H,1-2,10-14H2,3-8H3,(H,21,23). The van der Waals surface area contributed by atoms with E-state index in [1.807, 2.05) is 13.0 Å². The molecule has 0 spiro atoms. The summed E-state index contributed by atoms with van der Waals surface area (Å²) in [4.78, 5) is 17.9. The van der Waals surface area contributed by atoms with Gasteiger partial charge >= 0.3 is 0 Å². The van der Waals surface area contributed by atoms with Gasteiger partial charge in [-0.2, -0.15) is 5.06 Å². The van der Waals surface area contributed by atoms with Crippen molar-refractivity contribution in [1.82, 2.24) is 10.4 Å². The predicted molar refractivity (Wildman–Crippen MR) is 101 cm³/mol. The van der Waals surface area contributed by atoms with Crippen LogP contribution < -0.4 is 5.32 Å². The van der Waals surface area contributed by atoms with Crippen molar-refractivity contribution in [3.63, 3.8) is 0 Å². The van der Waals surface area contributed by atoms with Crippen molar-refractivity contribution >= 4 is 5.91 Å². The maximum absolute atomic E-state index is 11.5.